The molecule has 0 spiro atoms. The first-order valence-corrected chi connectivity index (χ1v) is 11.3. The molecule has 0 unspecified atom stereocenters. The lowest BCUT2D eigenvalue weighted by molar-refractivity contribution is -0.137. The molecule has 0 aromatic heterocycles. The van der Waals surface area contributed by atoms with Crippen LogP contribution in [0.1, 0.15) is 0 Å². The van der Waals surface area contributed by atoms with Gasteiger partial charge in [-0.15, -0.1) is 11.8 Å². The molecule has 160 valence electrons. The van der Waals surface area contributed by atoms with Crippen molar-refractivity contribution in [2.24, 2.45) is 5.73 Å². The van der Waals surface area contributed by atoms with Crippen LogP contribution in [0, 0.1) is 0 Å². The van der Waals surface area contributed by atoms with Gasteiger partial charge >= 0.3 is 5.97 Å². The molecule has 0 aliphatic rings. The third kappa shape index (κ3) is 2.68. The van der Waals surface area contributed by atoms with Crippen LogP contribution in [0.15, 0.2) is 55.4 Å². The van der Waals surface area contributed by atoms with Crippen LogP contribution in [0.4, 0.5) is 0 Å². The van der Waals surface area contributed by atoms with Gasteiger partial charge in [0.1, 0.15) is 17.5 Å². The standard InChI is InChI=1S/C23H14BrNO6S/c24-19-20(28)17-13-8-3-1-2-4-9(8)14(16-12(27)6-5-11(26)15(13)16)18(17)21(29)22(19)32-7-10(25)23(30)31/h1-6,10,28-29H,7,25H2,(H,30,31)/t10-/m0/s1. The summed E-state index contributed by atoms with van der Waals surface area (Å²) < 4.78 is 0.154. The fourth-order valence-electron chi connectivity index (χ4n) is 4.30. The molecule has 0 aliphatic carbocycles. The molecule has 0 heterocycles. The average molecular weight is 512 g/mol. The van der Waals surface area contributed by atoms with Gasteiger partial charge in [-0.3, -0.25) is 14.4 Å². The average Bonchev–Trinajstić information content (AvgIpc) is 2.78. The van der Waals surface area contributed by atoms with E-state index in [0.29, 0.717) is 21.5 Å². The Balaban J connectivity index is 2.03. The number of aromatic hydroxyl groups is 2. The van der Waals surface area contributed by atoms with Gasteiger partial charge in [0.25, 0.3) is 0 Å². The summed E-state index contributed by atoms with van der Waals surface area (Å²) in [5.41, 5.74) is 4.88. The molecule has 6 aromatic rings. The first kappa shape index (κ1) is 20.7. The Bertz CT molecular complexity index is 1700. The summed E-state index contributed by atoms with van der Waals surface area (Å²) in [6.07, 6.45) is 0. The quantitative estimate of drug-likeness (QED) is 0.163. The molecule has 32 heavy (non-hydrogen) atoms. The van der Waals surface area contributed by atoms with Gasteiger partial charge in [0, 0.05) is 38.1 Å². The Labute approximate surface area is 191 Å². The maximum Gasteiger partial charge on any atom is 0.321 e. The van der Waals surface area contributed by atoms with Gasteiger partial charge in [-0.05, 0) is 38.8 Å². The largest absolute Gasteiger partial charge is 0.506 e. The van der Waals surface area contributed by atoms with Crippen LogP contribution in [-0.4, -0.2) is 33.1 Å². The number of carbonyl (C=O) groups is 1. The topological polar surface area (TPSA) is 138 Å². The number of hydrogen-bond acceptors (Lipinski definition) is 7. The van der Waals surface area contributed by atoms with Crippen molar-refractivity contribution < 1.29 is 20.1 Å². The first-order valence-electron chi connectivity index (χ1n) is 9.48. The predicted molar refractivity (Wildman–Crippen MR) is 129 cm³/mol. The van der Waals surface area contributed by atoms with Gasteiger partial charge in [-0.25, -0.2) is 0 Å². The van der Waals surface area contributed by atoms with Gasteiger partial charge in [0.05, 0.1) is 9.37 Å². The van der Waals surface area contributed by atoms with E-state index in [1.165, 1.54) is 12.1 Å². The highest BCUT2D eigenvalue weighted by Gasteiger charge is 2.28. The van der Waals surface area contributed by atoms with E-state index in [1.807, 2.05) is 0 Å². The maximum atomic E-state index is 12.9. The number of phenols is 2. The van der Waals surface area contributed by atoms with E-state index in [9.17, 15) is 24.6 Å². The van der Waals surface area contributed by atoms with Crippen molar-refractivity contribution >= 4 is 76.8 Å². The highest BCUT2D eigenvalue weighted by atomic mass is 79.9. The fourth-order valence-corrected chi connectivity index (χ4v) is 5.98. The second kappa shape index (κ2) is 7.19. The van der Waals surface area contributed by atoms with Crippen molar-refractivity contribution in [1.29, 1.82) is 0 Å². The Kier molecular flexibility index (Phi) is 4.66. The predicted octanol–water partition coefficient (Wildman–Crippen LogP) is 3.57. The smallest absolute Gasteiger partial charge is 0.321 e. The number of phenolic OH excluding ortho intramolecular Hbond substituents is 2. The first-order chi connectivity index (χ1) is 15.2. The molecular weight excluding hydrogens is 498 g/mol. The van der Waals surface area contributed by atoms with Crippen LogP contribution < -0.4 is 16.6 Å². The Morgan fingerprint density at radius 1 is 0.875 bits per heavy atom. The van der Waals surface area contributed by atoms with Crippen molar-refractivity contribution in [2.75, 3.05) is 5.75 Å². The molecular formula is C23H14BrNO6S. The van der Waals surface area contributed by atoms with Crippen molar-refractivity contribution in [3.63, 3.8) is 0 Å². The number of thioether (sulfide) groups is 1. The number of aliphatic carboxylic acids is 1. The highest BCUT2D eigenvalue weighted by Crippen LogP contribution is 2.54. The number of benzene rings is 6. The highest BCUT2D eigenvalue weighted by molar-refractivity contribution is 9.10. The molecule has 0 fully saturated rings. The SMILES string of the molecule is N[C@@H](CSc1c(Br)c(O)c2c(c1O)c1c3ccccc3c2c2c(=O)ccc(=O)c21)C(=O)O. The minimum absolute atomic E-state index is 0.0592. The summed E-state index contributed by atoms with van der Waals surface area (Å²) in [7, 11) is 0. The molecule has 7 nitrogen and oxygen atoms in total. The van der Waals surface area contributed by atoms with E-state index in [0.717, 1.165) is 11.8 Å². The van der Waals surface area contributed by atoms with Crippen molar-refractivity contribution in [3.8, 4) is 11.5 Å². The van der Waals surface area contributed by atoms with Gasteiger partial charge < -0.3 is 21.1 Å². The summed E-state index contributed by atoms with van der Waals surface area (Å²) >= 11 is 4.27. The molecule has 2 bridgehead atoms. The molecule has 9 heteroatoms. The number of rotatable bonds is 4. The van der Waals surface area contributed by atoms with E-state index in [2.05, 4.69) is 15.9 Å². The summed E-state index contributed by atoms with van der Waals surface area (Å²) in [4.78, 5) is 37.0. The third-order valence-electron chi connectivity index (χ3n) is 5.66. The zero-order valence-corrected chi connectivity index (χ0v) is 18.6. The van der Waals surface area contributed by atoms with Crippen molar-refractivity contribution in [2.45, 2.75) is 10.9 Å². The van der Waals surface area contributed by atoms with E-state index in [4.69, 9.17) is 10.8 Å². The molecule has 0 saturated heterocycles. The lowest BCUT2D eigenvalue weighted by Crippen LogP contribution is -2.32. The number of carboxylic acids is 1. The minimum Gasteiger partial charge on any atom is -0.506 e. The molecule has 1 atom stereocenters. The van der Waals surface area contributed by atoms with E-state index in [1.54, 1.807) is 24.3 Å². The van der Waals surface area contributed by atoms with E-state index in [-0.39, 0.29) is 59.0 Å². The summed E-state index contributed by atoms with van der Waals surface area (Å²) in [5.74, 6) is -1.69. The molecule has 0 aliphatic heterocycles. The molecule has 5 N–H and O–H groups in total. The normalized spacial score (nSPS) is 12.9. The van der Waals surface area contributed by atoms with Crippen LogP contribution in [0.5, 0.6) is 11.5 Å². The van der Waals surface area contributed by atoms with Gasteiger partial charge in [-0.2, -0.15) is 0 Å². The van der Waals surface area contributed by atoms with Crippen LogP contribution in [0.2, 0.25) is 0 Å². The summed E-state index contributed by atoms with van der Waals surface area (Å²) in [6, 6.07) is 8.40. The van der Waals surface area contributed by atoms with E-state index >= 15 is 0 Å². The molecule has 0 amide bonds. The number of carboxylic acid groups (broad SMARTS) is 1. The lowest BCUT2D eigenvalue weighted by Gasteiger charge is -2.21. The molecule has 6 aromatic carbocycles. The summed E-state index contributed by atoms with van der Waals surface area (Å²) in [6.45, 7) is 0. The zero-order valence-electron chi connectivity index (χ0n) is 16.2. The third-order valence-corrected chi connectivity index (χ3v) is 7.91. The van der Waals surface area contributed by atoms with Crippen LogP contribution >= 0.6 is 27.7 Å². The summed E-state index contributed by atoms with van der Waals surface area (Å²) in [5, 5.41) is 34.4. The van der Waals surface area contributed by atoms with Gasteiger partial charge in [0.15, 0.2) is 10.9 Å². The van der Waals surface area contributed by atoms with Crippen LogP contribution in [-0.2, 0) is 4.79 Å². The number of halogens is 1. The monoisotopic (exact) mass is 511 g/mol. The zero-order chi connectivity index (χ0) is 22.9. The molecule has 0 radical (unpaired) electrons. The van der Waals surface area contributed by atoms with Gasteiger partial charge in [-0.1, -0.05) is 24.3 Å². The maximum absolute atomic E-state index is 12.9. The van der Waals surface area contributed by atoms with Crippen LogP contribution in [0.25, 0.3) is 43.1 Å². The van der Waals surface area contributed by atoms with Crippen LogP contribution in [0.3, 0.4) is 0 Å². The number of nitrogens with two attached hydrogens (primary N) is 1. The Hall–Kier alpha value is -3.14. The molecule has 6 rings (SSSR count). The fraction of sp³-hybridized carbons (Fsp3) is 0.0870. The Morgan fingerprint density at radius 2 is 1.38 bits per heavy atom. The lowest BCUT2D eigenvalue weighted by atomic mass is 9.85. The second-order valence-electron chi connectivity index (χ2n) is 7.45. The second-order valence-corrected chi connectivity index (χ2v) is 9.28. The molecule has 0 saturated carbocycles. The van der Waals surface area contributed by atoms with Crippen molar-refractivity contribution in [1.82, 2.24) is 0 Å². The number of hydrogen-bond donors (Lipinski definition) is 4. The van der Waals surface area contributed by atoms with Crippen molar-refractivity contribution in [3.05, 3.63) is 61.3 Å². The Morgan fingerprint density at radius 3 is 1.88 bits per heavy atom. The van der Waals surface area contributed by atoms with E-state index < -0.39 is 12.0 Å². The van der Waals surface area contributed by atoms with Gasteiger partial charge in [0.2, 0.25) is 0 Å². The minimum atomic E-state index is -1.19.